The first-order valence-electron chi connectivity index (χ1n) is 13.5. The van der Waals surface area contributed by atoms with Gasteiger partial charge in [-0.1, -0.05) is 58.0 Å². The molecule has 0 saturated carbocycles. The van der Waals surface area contributed by atoms with Gasteiger partial charge in [-0.2, -0.15) is 4.98 Å². The normalized spacial score (nSPS) is 13.9. The van der Waals surface area contributed by atoms with E-state index in [1.807, 2.05) is 32.6 Å². The molecule has 0 spiro atoms. The third kappa shape index (κ3) is 5.19. The van der Waals surface area contributed by atoms with Crippen molar-refractivity contribution in [3.63, 3.8) is 0 Å². The van der Waals surface area contributed by atoms with Crippen molar-refractivity contribution in [3.8, 4) is 16.9 Å². The van der Waals surface area contributed by atoms with Crippen molar-refractivity contribution in [2.75, 3.05) is 31.1 Å². The molecule has 0 atom stereocenters. The molecular formula is C30H31ClFN7O2. The molecule has 5 rings (SSSR count). The summed E-state index contributed by atoms with van der Waals surface area (Å²) in [5.41, 5.74) is 1.98. The summed E-state index contributed by atoms with van der Waals surface area (Å²) in [7, 11) is 0. The summed E-state index contributed by atoms with van der Waals surface area (Å²) in [4.78, 5) is 48.2. The molecule has 1 aliphatic heterocycles. The lowest BCUT2D eigenvalue weighted by molar-refractivity contribution is -0.126. The summed E-state index contributed by atoms with van der Waals surface area (Å²) in [6.45, 7) is 13.3. The van der Waals surface area contributed by atoms with Gasteiger partial charge in [0.2, 0.25) is 5.91 Å². The number of carbonyl (C=O) groups is 1. The second kappa shape index (κ2) is 11.4. The first kappa shape index (κ1) is 28.4. The monoisotopic (exact) mass is 575 g/mol. The van der Waals surface area contributed by atoms with Gasteiger partial charge in [0.05, 0.1) is 33.2 Å². The smallest absolute Gasteiger partial charge is 0.352 e. The number of anilines is 1. The number of piperazine rings is 1. The van der Waals surface area contributed by atoms with Crippen LogP contribution in [0.15, 0.2) is 54.1 Å². The lowest BCUT2D eigenvalue weighted by atomic mass is 10.0. The van der Waals surface area contributed by atoms with Gasteiger partial charge in [-0.15, -0.1) is 0 Å². The third-order valence-electron chi connectivity index (χ3n) is 7.19. The zero-order chi connectivity index (χ0) is 29.4. The number of carbonyl (C=O) groups excluding carboxylic acids is 1. The molecule has 1 fully saturated rings. The van der Waals surface area contributed by atoms with E-state index in [1.54, 1.807) is 29.2 Å². The van der Waals surface area contributed by atoms with Gasteiger partial charge < -0.3 is 9.80 Å². The molecular weight excluding hydrogens is 545 g/mol. The van der Waals surface area contributed by atoms with Crippen molar-refractivity contribution < 1.29 is 9.18 Å². The second-order valence-corrected chi connectivity index (χ2v) is 10.9. The minimum Gasteiger partial charge on any atom is -0.352 e. The van der Waals surface area contributed by atoms with Crippen LogP contribution in [0.3, 0.4) is 0 Å². The van der Waals surface area contributed by atoms with Crippen LogP contribution in [0, 0.1) is 5.82 Å². The molecule has 0 unspecified atom stereocenters. The van der Waals surface area contributed by atoms with Gasteiger partial charge in [0, 0.05) is 31.7 Å². The average molecular weight is 576 g/mol. The highest BCUT2D eigenvalue weighted by atomic mass is 35.5. The Hall–Kier alpha value is -4.18. The predicted octanol–water partition coefficient (Wildman–Crippen LogP) is 5.11. The zero-order valence-electron chi connectivity index (χ0n) is 23.4. The highest BCUT2D eigenvalue weighted by Crippen LogP contribution is 2.36. The van der Waals surface area contributed by atoms with Crippen LogP contribution >= 0.6 is 11.6 Å². The number of rotatable bonds is 6. The SMILES string of the molecule is C=CC(=O)N1CCN(c2nc(=O)n(-c3c(C(C)C)ncnc3C(C)C)c3nc(-c4ccccc4F)c(Cl)cc23)CC1. The topological polar surface area (TPSA) is 97.1 Å². The standard InChI is InChI=1S/C30H31ClFN7O2/c1-6-23(40)37-11-13-38(14-12-37)28-20-15-21(31)26(19-9-7-8-10-22(19)32)35-29(20)39(30(41)36-28)27-24(17(2)3)33-16-34-25(27)18(4)5/h6-10,15-18H,1,11-14H2,2-5H3. The molecule has 1 aliphatic rings. The number of hydrogen-bond donors (Lipinski definition) is 0. The molecule has 1 aromatic carbocycles. The molecule has 0 N–H and O–H groups in total. The summed E-state index contributed by atoms with van der Waals surface area (Å²) in [5.74, 6) is -0.317. The Bertz CT molecular complexity index is 1690. The van der Waals surface area contributed by atoms with E-state index >= 15 is 0 Å². The summed E-state index contributed by atoms with van der Waals surface area (Å²) in [6, 6.07) is 7.91. The molecule has 212 valence electrons. The van der Waals surface area contributed by atoms with Crippen molar-refractivity contribution >= 4 is 34.4 Å². The third-order valence-corrected chi connectivity index (χ3v) is 7.48. The van der Waals surface area contributed by atoms with Crippen molar-refractivity contribution in [1.82, 2.24) is 29.4 Å². The number of nitrogens with zero attached hydrogens (tertiary/aromatic N) is 7. The van der Waals surface area contributed by atoms with Gasteiger partial charge in [-0.05, 0) is 36.1 Å². The van der Waals surface area contributed by atoms with E-state index in [-0.39, 0.29) is 39.7 Å². The van der Waals surface area contributed by atoms with E-state index in [0.29, 0.717) is 54.5 Å². The van der Waals surface area contributed by atoms with Crippen LogP contribution in [-0.4, -0.2) is 61.5 Å². The Morgan fingerprint density at radius 1 is 1.02 bits per heavy atom. The van der Waals surface area contributed by atoms with E-state index in [1.165, 1.54) is 23.0 Å². The van der Waals surface area contributed by atoms with E-state index in [9.17, 15) is 14.0 Å². The molecule has 4 heterocycles. The Morgan fingerprint density at radius 3 is 2.24 bits per heavy atom. The molecule has 0 radical (unpaired) electrons. The average Bonchev–Trinajstić information content (AvgIpc) is 2.96. The molecule has 4 aromatic rings. The first-order chi connectivity index (χ1) is 19.6. The van der Waals surface area contributed by atoms with Gasteiger partial charge in [-0.3, -0.25) is 4.79 Å². The number of aromatic nitrogens is 5. The van der Waals surface area contributed by atoms with Crippen LogP contribution in [0.2, 0.25) is 5.02 Å². The molecule has 3 aromatic heterocycles. The lowest BCUT2D eigenvalue weighted by Gasteiger charge is -2.35. The van der Waals surface area contributed by atoms with Crippen LogP contribution < -0.4 is 10.6 Å². The molecule has 0 bridgehead atoms. The Kier molecular flexibility index (Phi) is 7.86. The zero-order valence-corrected chi connectivity index (χ0v) is 24.2. The number of amides is 1. The van der Waals surface area contributed by atoms with Gasteiger partial charge in [0.15, 0.2) is 5.65 Å². The largest absolute Gasteiger partial charge is 0.355 e. The van der Waals surface area contributed by atoms with Crippen LogP contribution in [0.5, 0.6) is 0 Å². The van der Waals surface area contributed by atoms with E-state index in [2.05, 4.69) is 21.5 Å². The second-order valence-electron chi connectivity index (χ2n) is 10.5. The minimum absolute atomic E-state index is 0.0408. The number of benzene rings is 1. The molecule has 1 amide bonds. The summed E-state index contributed by atoms with van der Waals surface area (Å²) < 4.78 is 16.4. The van der Waals surface area contributed by atoms with Crippen molar-refractivity contribution in [2.45, 2.75) is 39.5 Å². The predicted molar refractivity (Wildman–Crippen MR) is 158 cm³/mol. The molecule has 1 saturated heterocycles. The highest BCUT2D eigenvalue weighted by Gasteiger charge is 2.28. The number of halogens is 2. The van der Waals surface area contributed by atoms with Crippen molar-refractivity contribution in [2.24, 2.45) is 0 Å². The fourth-order valence-electron chi connectivity index (χ4n) is 5.14. The maximum atomic E-state index is 15.0. The highest BCUT2D eigenvalue weighted by molar-refractivity contribution is 6.33. The van der Waals surface area contributed by atoms with Gasteiger partial charge >= 0.3 is 5.69 Å². The Morgan fingerprint density at radius 2 is 1.66 bits per heavy atom. The fourth-order valence-corrected chi connectivity index (χ4v) is 5.39. The first-order valence-corrected chi connectivity index (χ1v) is 13.9. The molecule has 11 heteroatoms. The minimum atomic E-state index is -0.565. The van der Waals surface area contributed by atoms with Crippen molar-refractivity contribution in [3.05, 3.63) is 82.0 Å². The number of pyridine rings is 1. The van der Waals surface area contributed by atoms with Crippen LogP contribution in [0.4, 0.5) is 10.2 Å². The quantitative estimate of drug-likeness (QED) is 0.295. The maximum Gasteiger partial charge on any atom is 0.355 e. The van der Waals surface area contributed by atoms with E-state index < -0.39 is 11.5 Å². The number of hydrogen-bond acceptors (Lipinski definition) is 7. The summed E-state index contributed by atoms with van der Waals surface area (Å²) in [6.07, 6.45) is 2.79. The van der Waals surface area contributed by atoms with Gasteiger partial charge in [0.25, 0.3) is 0 Å². The number of fused-ring (bicyclic) bond motifs is 1. The van der Waals surface area contributed by atoms with Crippen LogP contribution in [-0.2, 0) is 4.79 Å². The summed E-state index contributed by atoms with van der Waals surface area (Å²) in [5, 5.41) is 0.736. The molecule has 9 nitrogen and oxygen atoms in total. The van der Waals surface area contributed by atoms with Crippen molar-refractivity contribution in [1.29, 1.82) is 0 Å². The Labute approximate surface area is 242 Å². The van der Waals surface area contributed by atoms with E-state index in [4.69, 9.17) is 16.6 Å². The molecule has 41 heavy (non-hydrogen) atoms. The fraction of sp³-hybridized carbons (Fsp3) is 0.333. The van der Waals surface area contributed by atoms with Gasteiger partial charge in [0.1, 0.15) is 18.0 Å². The Balaban J connectivity index is 1.82. The maximum absolute atomic E-state index is 15.0. The lowest BCUT2D eigenvalue weighted by Crippen LogP contribution is -2.49. The molecule has 0 aliphatic carbocycles. The van der Waals surface area contributed by atoms with Gasteiger partial charge in [-0.25, -0.2) is 28.7 Å². The van der Waals surface area contributed by atoms with Crippen LogP contribution in [0.1, 0.15) is 50.9 Å². The van der Waals surface area contributed by atoms with E-state index in [0.717, 1.165) is 0 Å². The summed E-state index contributed by atoms with van der Waals surface area (Å²) >= 11 is 6.75. The van der Waals surface area contributed by atoms with Crippen LogP contribution in [0.25, 0.3) is 28.0 Å².